The van der Waals surface area contributed by atoms with Gasteiger partial charge in [0.1, 0.15) is 5.84 Å². The molecular formula is C21H31F2N3O3. The van der Waals surface area contributed by atoms with E-state index in [9.17, 15) is 23.8 Å². The number of carboxylic acid groups (broad SMARTS) is 1. The standard InChI is InChI=1S/C21H31F2N3O3/c1-5-14(27)12-25-19-17(26(20(28)29)21(2,3)4)10-9-13(11-24-19)15-7-6-8-16(22)18(15)23/h6-8,13-14,17,27H,5,9-12H2,1-4H3,(H,24,25)(H,28,29)/t13-,14?,17-/m1/s1. The van der Waals surface area contributed by atoms with Crippen LogP contribution in [0.5, 0.6) is 0 Å². The number of halogens is 2. The molecule has 0 bridgehead atoms. The molecule has 0 aliphatic carbocycles. The second kappa shape index (κ2) is 9.52. The molecule has 1 unspecified atom stereocenters. The van der Waals surface area contributed by atoms with Crippen LogP contribution >= 0.6 is 0 Å². The maximum atomic E-state index is 14.3. The molecule has 29 heavy (non-hydrogen) atoms. The Hall–Kier alpha value is -2.22. The van der Waals surface area contributed by atoms with E-state index in [1.807, 2.05) is 6.92 Å². The Morgan fingerprint density at radius 2 is 2.03 bits per heavy atom. The number of aliphatic hydroxyl groups excluding tert-OH is 1. The van der Waals surface area contributed by atoms with E-state index in [-0.39, 0.29) is 18.0 Å². The Morgan fingerprint density at radius 3 is 2.62 bits per heavy atom. The minimum atomic E-state index is -1.08. The van der Waals surface area contributed by atoms with Crippen LogP contribution in [-0.2, 0) is 0 Å². The zero-order valence-electron chi connectivity index (χ0n) is 17.5. The van der Waals surface area contributed by atoms with E-state index < -0.39 is 35.4 Å². The van der Waals surface area contributed by atoms with Crippen molar-refractivity contribution in [2.75, 3.05) is 13.1 Å². The monoisotopic (exact) mass is 411 g/mol. The van der Waals surface area contributed by atoms with Crippen LogP contribution in [0, 0.1) is 11.6 Å². The van der Waals surface area contributed by atoms with Crippen molar-refractivity contribution in [3.63, 3.8) is 0 Å². The Balaban J connectivity index is 2.38. The maximum absolute atomic E-state index is 14.3. The smallest absolute Gasteiger partial charge is 0.408 e. The Morgan fingerprint density at radius 1 is 1.34 bits per heavy atom. The predicted octanol–water partition coefficient (Wildman–Crippen LogP) is 3.75. The molecule has 2 rings (SSSR count). The average molecular weight is 411 g/mol. The molecule has 3 N–H and O–H groups in total. The van der Waals surface area contributed by atoms with Crippen LogP contribution in [0.2, 0.25) is 0 Å². The second-order valence-electron chi connectivity index (χ2n) is 8.43. The molecule has 8 heteroatoms. The summed E-state index contributed by atoms with van der Waals surface area (Å²) in [4.78, 5) is 17.8. The highest BCUT2D eigenvalue weighted by Gasteiger charge is 2.38. The van der Waals surface area contributed by atoms with Crippen LogP contribution in [0.15, 0.2) is 23.2 Å². The van der Waals surface area contributed by atoms with E-state index in [2.05, 4.69) is 10.3 Å². The van der Waals surface area contributed by atoms with Crippen LogP contribution in [0.1, 0.15) is 58.4 Å². The van der Waals surface area contributed by atoms with Gasteiger partial charge in [0.15, 0.2) is 11.6 Å². The molecule has 1 amide bonds. The summed E-state index contributed by atoms with van der Waals surface area (Å²) in [5.74, 6) is -1.64. The Labute approximate surface area is 170 Å². The summed E-state index contributed by atoms with van der Waals surface area (Å²) < 4.78 is 28.0. The summed E-state index contributed by atoms with van der Waals surface area (Å²) in [7, 11) is 0. The molecule has 1 aromatic carbocycles. The first-order chi connectivity index (χ1) is 13.6. The van der Waals surface area contributed by atoms with Gasteiger partial charge in [0.2, 0.25) is 0 Å². The van der Waals surface area contributed by atoms with Gasteiger partial charge in [-0.15, -0.1) is 0 Å². The number of hydrogen-bond donors (Lipinski definition) is 3. The number of amidine groups is 1. The lowest BCUT2D eigenvalue weighted by Crippen LogP contribution is -2.56. The van der Waals surface area contributed by atoms with Crippen LogP contribution in [0.25, 0.3) is 0 Å². The maximum Gasteiger partial charge on any atom is 0.408 e. The van der Waals surface area contributed by atoms with Crippen molar-refractivity contribution in [3.05, 3.63) is 35.4 Å². The molecule has 1 aromatic rings. The van der Waals surface area contributed by atoms with Gasteiger partial charge in [-0.3, -0.25) is 9.89 Å². The second-order valence-corrected chi connectivity index (χ2v) is 8.43. The highest BCUT2D eigenvalue weighted by Crippen LogP contribution is 2.30. The van der Waals surface area contributed by atoms with Crippen LogP contribution < -0.4 is 5.32 Å². The molecule has 1 saturated heterocycles. The first-order valence-electron chi connectivity index (χ1n) is 9.98. The molecule has 0 saturated carbocycles. The Kier molecular flexibility index (Phi) is 7.57. The fraction of sp³-hybridized carbons (Fsp3) is 0.619. The third kappa shape index (κ3) is 5.65. The zero-order chi connectivity index (χ0) is 21.8. The van der Waals surface area contributed by atoms with Gasteiger partial charge in [-0.25, -0.2) is 13.6 Å². The summed E-state index contributed by atoms with van der Waals surface area (Å²) in [6.45, 7) is 7.68. The normalized spacial score (nSPS) is 22.7. The van der Waals surface area contributed by atoms with Crippen molar-refractivity contribution in [1.82, 2.24) is 10.2 Å². The van der Waals surface area contributed by atoms with Crippen LogP contribution in [0.3, 0.4) is 0 Å². The summed E-state index contributed by atoms with van der Waals surface area (Å²) in [6, 6.07) is 3.54. The molecule has 0 radical (unpaired) electrons. The molecule has 3 atom stereocenters. The third-order valence-corrected chi connectivity index (χ3v) is 5.24. The summed E-state index contributed by atoms with van der Waals surface area (Å²) in [6.07, 6.45) is -0.313. The fourth-order valence-electron chi connectivity index (χ4n) is 3.68. The molecule has 0 aromatic heterocycles. The van der Waals surface area contributed by atoms with Gasteiger partial charge in [0.05, 0.1) is 18.7 Å². The number of amides is 1. The molecule has 1 fully saturated rings. The van der Waals surface area contributed by atoms with Gasteiger partial charge in [-0.1, -0.05) is 19.1 Å². The van der Waals surface area contributed by atoms with Gasteiger partial charge < -0.3 is 15.5 Å². The van der Waals surface area contributed by atoms with Crippen molar-refractivity contribution in [1.29, 1.82) is 0 Å². The van der Waals surface area contributed by atoms with Gasteiger partial charge in [0, 0.05) is 18.0 Å². The lowest BCUT2D eigenvalue weighted by atomic mass is 9.92. The number of rotatable bonds is 5. The number of aliphatic hydroxyl groups is 1. The lowest BCUT2D eigenvalue weighted by molar-refractivity contribution is 0.0847. The van der Waals surface area contributed by atoms with Crippen molar-refractivity contribution in [3.8, 4) is 0 Å². The van der Waals surface area contributed by atoms with Crippen LogP contribution in [0.4, 0.5) is 13.6 Å². The van der Waals surface area contributed by atoms with Crippen molar-refractivity contribution in [2.24, 2.45) is 4.99 Å². The fourth-order valence-corrected chi connectivity index (χ4v) is 3.68. The first-order valence-corrected chi connectivity index (χ1v) is 9.98. The number of benzene rings is 1. The first kappa shape index (κ1) is 23.1. The van der Waals surface area contributed by atoms with E-state index in [4.69, 9.17) is 0 Å². The van der Waals surface area contributed by atoms with Crippen LogP contribution in [-0.4, -0.2) is 57.8 Å². The minimum absolute atomic E-state index is 0.145. The van der Waals surface area contributed by atoms with Crippen molar-refractivity contribution in [2.45, 2.75) is 70.6 Å². The Bertz CT molecular complexity index is 749. The van der Waals surface area contributed by atoms with Gasteiger partial charge in [-0.05, 0) is 51.7 Å². The number of hydrogen-bond acceptors (Lipinski definition) is 3. The number of nitrogens with one attached hydrogen (secondary N) is 1. The number of aliphatic imine (C=N–C) groups is 1. The number of nitrogens with zero attached hydrogens (tertiary/aromatic N) is 2. The summed E-state index contributed by atoms with van der Waals surface area (Å²) in [5.41, 5.74) is -0.421. The molecular weight excluding hydrogens is 380 g/mol. The third-order valence-electron chi connectivity index (χ3n) is 5.24. The quantitative estimate of drug-likeness (QED) is 0.689. The topological polar surface area (TPSA) is 85.2 Å². The largest absolute Gasteiger partial charge is 0.465 e. The molecule has 1 aliphatic rings. The molecule has 162 valence electrons. The van der Waals surface area contributed by atoms with Gasteiger partial charge in [-0.2, -0.15) is 0 Å². The minimum Gasteiger partial charge on any atom is -0.465 e. The van der Waals surface area contributed by atoms with Gasteiger partial charge >= 0.3 is 6.09 Å². The number of carbonyl (C=O) groups is 1. The zero-order valence-corrected chi connectivity index (χ0v) is 17.5. The van der Waals surface area contributed by atoms with Crippen molar-refractivity contribution < 1.29 is 23.8 Å². The highest BCUT2D eigenvalue weighted by molar-refractivity contribution is 5.90. The predicted molar refractivity (Wildman–Crippen MR) is 108 cm³/mol. The molecule has 0 spiro atoms. The summed E-state index contributed by atoms with van der Waals surface area (Å²) in [5, 5.41) is 22.9. The summed E-state index contributed by atoms with van der Waals surface area (Å²) >= 11 is 0. The van der Waals surface area contributed by atoms with E-state index in [0.717, 1.165) is 6.07 Å². The van der Waals surface area contributed by atoms with E-state index in [1.54, 1.807) is 26.8 Å². The molecule has 6 nitrogen and oxygen atoms in total. The van der Waals surface area contributed by atoms with E-state index in [1.165, 1.54) is 11.0 Å². The average Bonchev–Trinajstić information content (AvgIpc) is 2.83. The van der Waals surface area contributed by atoms with Gasteiger partial charge in [0.25, 0.3) is 0 Å². The highest BCUT2D eigenvalue weighted by atomic mass is 19.2. The van der Waals surface area contributed by atoms with E-state index in [0.29, 0.717) is 31.6 Å². The SMILES string of the molecule is CCC(O)C/N=C1/NC[C@H](c2cccc(F)c2F)CC[C@H]1N(C(=O)O)C(C)(C)C. The molecule has 1 heterocycles. The lowest BCUT2D eigenvalue weighted by Gasteiger charge is -2.39. The van der Waals surface area contributed by atoms with E-state index >= 15 is 0 Å². The molecule has 1 aliphatic heterocycles. The van der Waals surface area contributed by atoms with Crippen molar-refractivity contribution >= 4 is 11.9 Å².